The lowest BCUT2D eigenvalue weighted by Crippen LogP contribution is -2.52. The SMILES string of the molecule is CCC1COCCN1S(=O)(=O)C1CCCC1C(=O)O. The second kappa shape index (κ2) is 5.76. The van der Waals surface area contributed by atoms with Crippen molar-refractivity contribution in [1.82, 2.24) is 4.31 Å². The van der Waals surface area contributed by atoms with Crippen LogP contribution in [0.2, 0.25) is 0 Å². The first-order valence-corrected chi connectivity index (χ1v) is 8.30. The van der Waals surface area contributed by atoms with Gasteiger partial charge in [0.2, 0.25) is 10.0 Å². The van der Waals surface area contributed by atoms with E-state index in [0.29, 0.717) is 45.4 Å². The Morgan fingerprint density at radius 2 is 2.16 bits per heavy atom. The van der Waals surface area contributed by atoms with Crippen molar-refractivity contribution in [2.45, 2.75) is 43.9 Å². The highest BCUT2D eigenvalue weighted by atomic mass is 32.2. The third-order valence-electron chi connectivity index (χ3n) is 4.12. The molecule has 1 saturated carbocycles. The zero-order valence-corrected chi connectivity index (χ0v) is 11.9. The Morgan fingerprint density at radius 1 is 1.42 bits per heavy atom. The van der Waals surface area contributed by atoms with Gasteiger partial charge in [0.25, 0.3) is 0 Å². The molecule has 1 N–H and O–H groups in total. The number of nitrogens with zero attached hydrogens (tertiary/aromatic N) is 1. The summed E-state index contributed by atoms with van der Waals surface area (Å²) in [6.45, 7) is 3.05. The predicted octanol–water partition coefficient (Wildman–Crippen LogP) is 0.680. The van der Waals surface area contributed by atoms with Gasteiger partial charge in [-0.25, -0.2) is 8.42 Å². The van der Waals surface area contributed by atoms with Crippen LogP contribution in [0.25, 0.3) is 0 Å². The molecule has 3 atom stereocenters. The van der Waals surface area contributed by atoms with Gasteiger partial charge in [-0.1, -0.05) is 13.3 Å². The molecule has 2 fully saturated rings. The van der Waals surface area contributed by atoms with Gasteiger partial charge >= 0.3 is 5.97 Å². The lowest BCUT2D eigenvalue weighted by molar-refractivity contribution is -0.141. The molecule has 2 aliphatic rings. The molecule has 0 aromatic heterocycles. The van der Waals surface area contributed by atoms with Crippen LogP contribution in [0, 0.1) is 5.92 Å². The van der Waals surface area contributed by atoms with E-state index in [1.165, 1.54) is 4.31 Å². The van der Waals surface area contributed by atoms with Gasteiger partial charge in [-0.2, -0.15) is 4.31 Å². The number of aliphatic carboxylic acids is 1. The second-order valence-electron chi connectivity index (χ2n) is 5.21. The van der Waals surface area contributed by atoms with Gasteiger partial charge in [-0.15, -0.1) is 0 Å². The Hall–Kier alpha value is -0.660. The summed E-state index contributed by atoms with van der Waals surface area (Å²) < 4.78 is 32.1. The number of ether oxygens (including phenoxy) is 1. The van der Waals surface area contributed by atoms with Crippen molar-refractivity contribution >= 4 is 16.0 Å². The highest BCUT2D eigenvalue weighted by Gasteiger charge is 2.46. The summed E-state index contributed by atoms with van der Waals surface area (Å²) in [7, 11) is -3.54. The van der Waals surface area contributed by atoms with Crippen molar-refractivity contribution in [2.24, 2.45) is 5.92 Å². The Bertz CT molecular complexity index is 435. The van der Waals surface area contributed by atoms with Crippen LogP contribution in [0.5, 0.6) is 0 Å². The van der Waals surface area contributed by atoms with Crippen LogP contribution < -0.4 is 0 Å². The number of hydrogen-bond donors (Lipinski definition) is 1. The zero-order chi connectivity index (χ0) is 14.0. The minimum atomic E-state index is -3.54. The number of sulfonamides is 1. The van der Waals surface area contributed by atoms with E-state index in [2.05, 4.69) is 0 Å². The zero-order valence-electron chi connectivity index (χ0n) is 11.1. The first kappa shape index (κ1) is 14.7. The molecule has 110 valence electrons. The van der Waals surface area contributed by atoms with Gasteiger partial charge in [0.1, 0.15) is 0 Å². The quantitative estimate of drug-likeness (QED) is 0.823. The summed E-state index contributed by atoms with van der Waals surface area (Å²) in [5.74, 6) is -1.75. The number of carbonyl (C=O) groups is 1. The Balaban J connectivity index is 2.23. The molecule has 0 spiro atoms. The van der Waals surface area contributed by atoms with Crippen LogP contribution in [0.3, 0.4) is 0 Å². The lowest BCUT2D eigenvalue weighted by atomic mass is 10.1. The van der Waals surface area contributed by atoms with Crippen LogP contribution in [0.15, 0.2) is 0 Å². The normalized spacial score (nSPS) is 33.4. The van der Waals surface area contributed by atoms with E-state index in [9.17, 15) is 13.2 Å². The van der Waals surface area contributed by atoms with E-state index < -0.39 is 27.2 Å². The maximum atomic E-state index is 12.7. The second-order valence-corrected chi connectivity index (χ2v) is 7.31. The fourth-order valence-electron chi connectivity index (χ4n) is 3.04. The number of carboxylic acids is 1. The van der Waals surface area contributed by atoms with Crippen LogP contribution in [-0.2, 0) is 19.6 Å². The molecule has 0 amide bonds. The molecule has 1 saturated heterocycles. The number of morpholine rings is 1. The Kier molecular flexibility index (Phi) is 4.47. The molecular weight excluding hydrogens is 270 g/mol. The number of hydrogen-bond acceptors (Lipinski definition) is 4. The molecule has 19 heavy (non-hydrogen) atoms. The molecule has 3 unspecified atom stereocenters. The fourth-order valence-corrected chi connectivity index (χ4v) is 5.47. The third kappa shape index (κ3) is 2.78. The highest BCUT2D eigenvalue weighted by molar-refractivity contribution is 7.89. The summed E-state index contributed by atoms with van der Waals surface area (Å²) in [6.07, 6.45) is 2.26. The Labute approximate surface area is 113 Å². The van der Waals surface area contributed by atoms with Gasteiger partial charge < -0.3 is 9.84 Å². The van der Waals surface area contributed by atoms with E-state index in [0.717, 1.165) is 0 Å². The molecule has 1 aliphatic carbocycles. The van der Waals surface area contributed by atoms with Crippen LogP contribution in [-0.4, -0.2) is 54.8 Å². The smallest absolute Gasteiger partial charge is 0.307 e. The lowest BCUT2D eigenvalue weighted by Gasteiger charge is -2.36. The van der Waals surface area contributed by atoms with Crippen molar-refractivity contribution in [1.29, 1.82) is 0 Å². The molecule has 1 aliphatic heterocycles. The van der Waals surface area contributed by atoms with E-state index in [4.69, 9.17) is 9.84 Å². The number of carboxylic acid groups (broad SMARTS) is 1. The van der Waals surface area contributed by atoms with Crippen molar-refractivity contribution in [3.63, 3.8) is 0 Å². The fraction of sp³-hybridized carbons (Fsp3) is 0.917. The minimum Gasteiger partial charge on any atom is -0.481 e. The molecule has 0 radical (unpaired) electrons. The summed E-state index contributed by atoms with van der Waals surface area (Å²) in [5, 5.41) is 8.39. The molecular formula is C12H21NO5S. The molecule has 2 rings (SSSR count). The monoisotopic (exact) mass is 291 g/mol. The highest BCUT2D eigenvalue weighted by Crippen LogP contribution is 2.34. The topological polar surface area (TPSA) is 83.9 Å². The summed E-state index contributed by atoms with van der Waals surface area (Å²) in [6, 6.07) is -0.159. The molecule has 0 aromatic rings. The van der Waals surface area contributed by atoms with Crippen molar-refractivity contribution in [3.05, 3.63) is 0 Å². The molecule has 7 heteroatoms. The van der Waals surface area contributed by atoms with Gasteiger partial charge in [0.15, 0.2) is 0 Å². The van der Waals surface area contributed by atoms with Crippen molar-refractivity contribution < 1.29 is 23.1 Å². The predicted molar refractivity (Wildman–Crippen MR) is 69.3 cm³/mol. The summed E-state index contributed by atoms with van der Waals surface area (Å²) in [4.78, 5) is 11.2. The van der Waals surface area contributed by atoms with Crippen LogP contribution in [0.1, 0.15) is 32.6 Å². The van der Waals surface area contributed by atoms with Gasteiger partial charge in [-0.3, -0.25) is 4.79 Å². The first-order chi connectivity index (χ1) is 8.98. The maximum Gasteiger partial charge on any atom is 0.307 e. The summed E-state index contributed by atoms with van der Waals surface area (Å²) >= 11 is 0. The average Bonchev–Trinajstić information content (AvgIpc) is 2.88. The van der Waals surface area contributed by atoms with Gasteiger partial charge in [0.05, 0.1) is 24.4 Å². The molecule has 0 bridgehead atoms. The molecule has 1 heterocycles. The van der Waals surface area contributed by atoms with E-state index in [1.807, 2.05) is 6.92 Å². The van der Waals surface area contributed by atoms with Crippen molar-refractivity contribution in [3.8, 4) is 0 Å². The largest absolute Gasteiger partial charge is 0.481 e. The van der Waals surface area contributed by atoms with E-state index in [1.54, 1.807) is 0 Å². The van der Waals surface area contributed by atoms with E-state index >= 15 is 0 Å². The summed E-state index contributed by atoms with van der Waals surface area (Å²) in [5.41, 5.74) is 0. The molecule has 6 nitrogen and oxygen atoms in total. The average molecular weight is 291 g/mol. The van der Waals surface area contributed by atoms with E-state index in [-0.39, 0.29) is 6.04 Å². The minimum absolute atomic E-state index is 0.159. The maximum absolute atomic E-state index is 12.7. The first-order valence-electron chi connectivity index (χ1n) is 6.79. The Morgan fingerprint density at radius 3 is 2.79 bits per heavy atom. The molecule has 0 aromatic carbocycles. The number of rotatable bonds is 4. The standard InChI is InChI=1S/C12H21NO5S/c1-2-9-8-18-7-6-13(9)19(16,17)11-5-3-4-10(11)12(14)15/h9-11H,2-8H2,1H3,(H,14,15). The van der Waals surface area contributed by atoms with Gasteiger partial charge in [-0.05, 0) is 19.3 Å². The van der Waals surface area contributed by atoms with Crippen molar-refractivity contribution in [2.75, 3.05) is 19.8 Å². The van der Waals surface area contributed by atoms with Crippen LogP contribution >= 0.6 is 0 Å². The van der Waals surface area contributed by atoms with Crippen LogP contribution in [0.4, 0.5) is 0 Å². The van der Waals surface area contributed by atoms with Gasteiger partial charge in [0, 0.05) is 12.6 Å². The third-order valence-corrected chi connectivity index (χ3v) is 6.59.